The molecule has 1 atom stereocenters. The van der Waals surface area contributed by atoms with E-state index in [9.17, 15) is 0 Å². The molecule has 11 aromatic carbocycles. The van der Waals surface area contributed by atoms with Crippen LogP contribution in [0.4, 0.5) is 17.1 Å². The van der Waals surface area contributed by atoms with E-state index in [1.165, 1.54) is 111 Å². The van der Waals surface area contributed by atoms with Crippen molar-refractivity contribution in [3.63, 3.8) is 0 Å². The summed E-state index contributed by atoms with van der Waals surface area (Å²) >= 11 is 0. The Morgan fingerprint density at radius 3 is 1.75 bits per heavy atom. The van der Waals surface area contributed by atoms with Crippen LogP contribution in [0.15, 0.2) is 249 Å². The van der Waals surface area contributed by atoms with E-state index >= 15 is 0 Å². The van der Waals surface area contributed by atoms with Gasteiger partial charge in [-0.05, 0) is 151 Å². The molecule has 2 heteroatoms. The number of rotatable bonds is 9. The lowest BCUT2D eigenvalue weighted by molar-refractivity contribution is 0.660. The van der Waals surface area contributed by atoms with Gasteiger partial charge in [0.25, 0.3) is 0 Å². The third kappa shape index (κ3) is 7.17. The van der Waals surface area contributed by atoms with Gasteiger partial charge in [0.2, 0.25) is 0 Å². The van der Waals surface area contributed by atoms with Gasteiger partial charge in [-0.15, -0.1) is 0 Å². The van der Waals surface area contributed by atoms with Crippen molar-refractivity contribution in [1.82, 2.24) is 4.57 Å². The Balaban J connectivity index is 0.952. The van der Waals surface area contributed by atoms with Crippen LogP contribution in [-0.2, 0) is 5.41 Å². The highest BCUT2D eigenvalue weighted by atomic mass is 15.1. The predicted molar refractivity (Wildman–Crippen MR) is 306 cm³/mol. The monoisotopic (exact) mass is 922 g/mol. The third-order valence-corrected chi connectivity index (χ3v) is 15.7. The van der Waals surface area contributed by atoms with Gasteiger partial charge < -0.3 is 9.47 Å². The number of anilines is 3. The number of benzene rings is 11. The second-order valence-corrected chi connectivity index (χ2v) is 20.2. The first-order valence-corrected chi connectivity index (χ1v) is 25.3. The van der Waals surface area contributed by atoms with Crippen molar-refractivity contribution in [2.45, 2.75) is 39.0 Å². The summed E-state index contributed by atoms with van der Waals surface area (Å²) < 4.78 is 2.50. The van der Waals surface area contributed by atoms with Crippen LogP contribution in [0.3, 0.4) is 0 Å². The van der Waals surface area contributed by atoms with Crippen LogP contribution in [0.25, 0.3) is 82.8 Å². The zero-order valence-electron chi connectivity index (χ0n) is 41.1. The molecule has 1 aliphatic rings. The van der Waals surface area contributed by atoms with E-state index in [0.29, 0.717) is 0 Å². The van der Waals surface area contributed by atoms with Crippen LogP contribution in [0.2, 0.25) is 0 Å². The van der Waals surface area contributed by atoms with Crippen LogP contribution in [0, 0.1) is 6.92 Å². The lowest BCUT2D eigenvalue weighted by Gasteiger charge is -2.28. The van der Waals surface area contributed by atoms with Gasteiger partial charge in [-0.25, -0.2) is 0 Å². The number of hydrogen-bond acceptors (Lipinski definition) is 1. The molecule has 0 radical (unpaired) electrons. The van der Waals surface area contributed by atoms with Crippen LogP contribution < -0.4 is 4.90 Å². The van der Waals surface area contributed by atoms with Crippen molar-refractivity contribution in [3.05, 3.63) is 277 Å². The number of aryl methyl sites for hydroxylation is 1. The van der Waals surface area contributed by atoms with Crippen LogP contribution in [-0.4, -0.2) is 4.57 Å². The highest BCUT2D eigenvalue weighted by Crippen LogP contribution is 2.50. The van der Waals surface area contributed by atoms with Gasteiger partial charge in [0.15, 0.2) is 0 Å². The number of nitrogens with zero attached hydrogens (tertiary/aromatic N) is 2. The quantitative estimate of drug-likeness (QED) is 0.140. The molecule has 13 rings (SSSR count). The molecule has 0 saturated heterocycles. The zero-order chi connectivity index (χ0) is 48.5. The fourth-order valence-electron chi connectivity index (χ4n) is 11.9. The van der Waals surface area contributed by atoms with E-state index in [2.05, 4.69) is 286 Å². The molecule has 0 N–H and O–H groups in total. The van der Waals surface area contributed by atoms with Crippen molar-refractivity contribution in [1.29, 1.82) is 0 Å². The molecular weight excluding hydrogens is 869 g/mol. The summed E-state index contributed by atoms with van der Waals surface area (Å²) in [5.41, 5.74) is 23.3. The molecule has 1 unspecified atom stereocenters. The molecule has 12 aromatic rings. The van der Waals surface area contributed by atoms with Crippen LogP contribution in [0.1, 0.15) is 54.5 Å². The highest BCUT2D eigenvalue weighted by molar-refractivity contribution is 6.21. The lowest BCUT2D eigenvalue weighted by Crippen LogP contribution is -2.14. The maximum Gasteiger partial charge on any atom is 0.0547 e. The molecule has 72 heavy (non-hydrogen) atoms. The van der Waals surface area contributed by atoms with E-state index in [4.69, 9.17) is 0 Å². The number of aromatic nitrogens is 1. The van der Waals surface area contributed by atoms with Gasteiger partial charge >= 0.3 is 0 Å². The molecule has 1 aliphatic carbocycles. The van der Waals surface area contributed by atoms with Gasteiger partial charge in [0, 0.05) is 44.9 Å². The molecule has 0 bridgehead atoms. The maximum absolute atomic E-state index is 2.50. The van der Waals surface area contributed by atoms with E-state index in [-0.39, 0.29) is 11.3 Å². The largest absolute Gasteiger partial charge is 0.310 e. The first-order chi connectivity index (χ1) is 35.3. The molecule has 1 heterocycles. The Morgan fingerprint density at radius 2 is 1.00 bits per heavy atom. The number of hydrogen-bond donors (Lipinski definition) is 0. The zero-order valence-corrected chi connectivity index (χ0v) is 41.1. The average Bonchev–Trinajstić information content (AvgIpc) is 3.89. The Bertz CT molecular complexity index is 4010. The van der Waals surface area contributed by atoms with Gasteiger partial charge in [0.1, 0.15) is 0 Å². The van der Waals surface area contributed by atoms with E-state index < -0.39 is 0 Å². The van der Waals surface area contributed by atoms with Crippen molar-refractivity contribution in [3.8, 4) is 50.2 Å². The SMILES string of the molecule is Cc1ccccc1-c1cc(N(c2ccc(-c3ccccc3)cc2)c2ccc(-c3ccc4c5c6ccccc6ccc5n(-c5ccc6c(c5)-c5ccccc5C6(C)C)c4c3)cc2)ccc1C(C)c1ccccc1. The summed E-state index contributed by atoms with van der Waals surface area (Å²) in [6, 6.07) is 92.1. The molecule has 0 saturated carbocycles. The van der Waals surface area contributed by atoms with E-state index in [1.54, 1.807) is 0 Å². The Morgan fingerprint density at radius 1 is 0.403 bits per heavy atom. The Hall–Kier alpha value is -8.72. The van der Waals surface area contributed by atoms with E-state index in [1.807, 2.05) is 0 Å². The summed E-state index contributed by atoms with van der Waals surface area (Å²) in [6.45, 7) is 9.26. The molecule has 0 amide bonds. The standard InChI is InChI=1S/C70H54N2/c1-46-17-11-13-23-58(46)63-44-56(37-40-59(63)47(2)48-18-7-5-8-19-48)71(54-33-27-50(28-34-54)49-20-9-6-10-21-49)55-35-29-51(30-36-55)53-31-39-62-68(43-53)72(67-42-32-52-22-12-14-24-60(52)69(62)67)57-38-41-66-64(45-57)61-25-15-16-26-65(61)70(66,3)4/h5-45,47H,1-4H3. The predicted octanol–water partition coefficient (Wildman–Crippen LogP) is 19.2. The smallest absolute Gasteiger partial charge is 0.0547 e. The molecule has 344 valence electrons. The topological polar surface area (TPSA) is 8.17 Å². The highest BCUT2D eigenvalue weighted by Gasteiger charge is 2.35. The van der Waals surface area contributed by atoms with Gasteiger partial charge in [-0.1, -0.05) is 209 Å². The Kier molecular flexibility index (Phi) is 10.4. The van der Waals surface area contributed by atoms with Crippen molar-refractivity contribution in [2.24, 2.45) is 0 Å². The average molecular weight is 923 g/mol. The summed E-state index contributed by atoms with van der Waals surface area (Å²) in [4.78, 5) is 2.41. The summed E-state index contributed by atoms with van der Waals surface area (Å²) in [5, 5.41) is 5.06. The molecule has 0 aliphatic heterocycles. The first kappa shape index (κ1) is 43.3. The molecular formula is C70H54N2. The van der Waals surface area contributed by atoms with Crippen molar-refractivity contribution < 1.29 is 0 Å². The normalized spacial score (nSPS) is 13.1. The molecule has 0 spiro atoms. The van der Waals surface area contributed by atoms with Crippen molar-refractivity contribution >= 4 is 49.6 Å². The number of fused-ring (bicyclic) bond motifs is 8. The fourth-order valence-corrected chi connectivity index (χ4v) is 11.9. The second kappa shape index (κ2) is 17.3. The van der Waals surface area contributed by atoms with Crippen LogP contribution in [0.5, 0.6) is 0 Å². The maximum atomic E-state index is 2.50. The minimum atomic E-state index is -0.0599. The Labute approximate surface area is 422 Å². The molecule has 1 aromatic heterocycles. The second-order valence-electron chi connectivity index (χ2n) is 20.2. The van der Waals surface area contributed by atoms with Gasteiger partial charge in [0.05, 0.1) is 11.0 Å². The minimum Gasteiger partial charge on any atom is -0.310 e. The van der Waals surface area contributed by atoms with Gasteiger partial charge in [-0.2, -0.15) is 0 Å². The summed E-state index contributed by atoms with van der Waals surface area (Å²) in [6.07, 6.45) is 0. The lowest BCUT2D eigenvalue weighted by atomic mass is 9.82. The molecule has 2 nitrogen and oxygen atoms in total. The van der Waals surface area contributed by atoms with Crippen molar-refractivity contribution in [2.75, 3.05) is 4.90 Å². The van der Waals surface area contributed by atoms with Gasteiger partial charge in [-0.3, -0.25) is 0 Å². The fraction of sp³-hybridized carbons (Fsp3) is 0.0857. The molecule has 0 fully saturated rings. The van der Waals surface area contributed by atoms with E-state index in [0.717, 1.165) is 17.1 Å². The third-order valence-electron chi connectivity index (χ3n) is 15.7. The van der Waals surface area contributed by atoms with Crippen LogP contribution >= 0.6 is 0 Å². The first-order valence-electron chi connectivity index (χ1n) is 25.3. The summed E-state index contributed by atoms with van der Waals surface area (Å²) in [7, 11) is 0. The minimum absolute atomic E-state index is 0.0599. The summed E-state index contributed by atoms with van der Waals surface area (Å²) in [5.74, 6) is 0.203.